The average molecular weight is 417 g/mol. The number of benzene rings is 1. The third-order valence-electron chi connectivity index (χ3n) is 5.28. The van der Waals surface area contributed by atoms with Gasteiger partial charge in [-0.2, -0.15) is 18.4 Å². The van der Waals surface area contributed by atoms with Crippen LogP contribution in [-0.4, -0.2) is 42.0 Å². The van der Waals surface area contributed by atoms with E-state index in [4.69, 9.17) is 0 Å². The number of nitrogens with zero attached hydrogens (tertiary/aromatic N) is 3. The van der Waals surface area contributed by atoms with Gasteiger partial charge in [-0.15, -0.1) is 0 Å². The zero-order chi connectivity index (χ0) is 21.9. The van der Waals surface area contributed by atoms with Crippen LogP contribution in [0.25, 0.3) is 0 Å². The van der Waals surface area contributed by atoms with E-state index < -0.39 is 34.6 Å². The minimum absolute atomic E-state index is 0.234. The Bertz CT molecular complexity index is 992. The molecule has 1 aliphatic rings. The number of hydrogen-bond donors (Lipinski definition) is 0. The molecule has 3 rings (SSSR count). The van der Waals surface area contributed by atoms with Gasteiger partial charge in [0.1, 0.15) is 5.69 Å². The number of likely N-dealkylation sites (tertiary alicyclic amines) is 1. The molecule has 0 atom stereocenters. The number of halogens is 3. The fourth-order valence-electron chi connectivity index (χ4n) is 3.55. The molecule has 1 fully saturated rings. The maximum absolute atomic E-state index is 13.1. The van der Waals surface area contributed by atoms with Gasteiger partial charge in [0.25, 0.3) is 5.91 Å². The van der Waals surface area contributed by atoms with E-state index in [1.165, 1.54) is 4.90 Å². The fraction of sp³-hybridized carbons (Fsp3) is 0.333. The van der Waals surface area contributed by atoms with E-state index in [1.807, 2.05) is 30.3 Å². The number of carbonyl (C=O) groups is 2. The van der Waals surface area contributed by atoms with Crippen LogP contribution in [0.4, 0.5) is 13.2 Å². The Morgan fingerprint density at radius 2 is 1.83 bits per heavy atom. The molecule has 9 heteroatoms. The van der Waals surface area contributed by atoms with E-state index in [9.17, 15) is 28.0 Å². The molecular weight excluding hydrogens is 399 g/mol. The zero-order valence-electron chi connectivity index (χ0n) is 16.1. The van der Waals surface area contributed by atoms with E-state index in [-0.39, 0.29) is 18.8 Å². The molecule has 0 N–H and O–H groups in total. The second-order valence-electron chi connectivity index (χ2n) is 6.96. The largest absolute Gasteiger partial charge is 0.465 e. The van der Waals surface area contributed by atoms with Crippen LogP contribution in [0.5, 0.6) is 0 Å². The van der Waals surface area contributed by atoms with Crippen molar-refractivity contribution in [2.45, 2.75) is 24.4 Å². The van der Waals surface area contributed by atoms with Gasteiger partial charge in [0.2, 0.25) is 0 Å². The first-order chi connectivity index (χ1) is 14.2. The van der Waals surface area contributed by atoms with Crippen LogP contribution >= 0.6 is 0 Å². The van der Waals surface area contributed by atoms with Crippen molar-refractivity contribution in [1.29, 1.82) is 5.26 Å². The molecule has 156 valence electrons. The summed E-state index contributed by atoms with van der Waals surface area (Å²) >= 11 is 0. The first-order valence-electron chi connectivity index (χ1n) is 9.13. The van der Waals surface area contributed by atoms with Crippen molar-refractivity contribution in [2.24, 2.45) is 0 Å². The van der Waals surface area contributed by atoms with Crippen molar-refractivity contribution in [3.63, 3.8) is 0 Å². The summed E-state index contributed by atoms with van der Waals surface area (Å²) in [5.74, 6) is -1.81. The molecule has 0 radical (unpaired) electrons. The summed E-state index contributed by atoms with van der Waals surface area (Å²) in [4.78, 5) is 29.7. The van der Waals surface area contributed by atoms with Gasteiger partial charge in [0.05, 0.1) is 29.7 Å². The molecule has 0 bridgehead atoms. The quantitative estimate of drug-likeness (QED) is 0.713. The van der Waals surface area contributed by atoms with E-state index in [2.05, 4.69) is 15.8 Å². The minimum atomic E-state index is -4.81. The van der Waals surface area contributed by atoms with E-state index in [0.717, 1.165) is 18.7 Å². The molecule has 0 spiro atoms. The molecule has 0 unspecified atom stereocenters. The average Bonchev–Trinajstić information content (AvgIpc) is 2.77. The smallest absolute Gasteiger partial charge is 0.418 e. The van der Waals surface area contributed by atoms with Gasteiger partial charge in [-0.3, -0.25) is 9.78 Å². The summed E-state index contributed by atoms with van der Waals surface area (Å²) in [6.07, 6.45) is -3.59. The number of pyridine rings is 1. The van der Waals surface area contributed by atoms with Crippen LogP contribution in [0.3, 0.4) is 0 Å². The van der Waals surface area contributed by atoms with Gasteiger partial charge < -0.3 is 9.64 Å². The Labute approximate surface area is 170 Å². The highest BCUT2D eigenvalue weighted by Crippen LogP contribution is 2.36. The lowest BCUT2D eigenvalue weighted by Crippen LogP contribution is -2.45. The predicted octanol–water partition coefficient (Wildman–Crippen LogP) is 3.58. The molecule has 30 heavy (non-hydrogen) atoms. The third kappa shape index (κ3) is 3.99. The number of methoxy groups -OCH3 is 1. The van der Waals surface area contributed by atoms with E-state index in [1.54, 1.807) is 0 Å². The van der Waals surface area contributed by atoms with Crippen molar-refractivity contribution in [3.8, 4) is 6.07 Å². The van der Waals surface area contributed by atoms with Crippen LogP contribution in [0.1, 0.15) is 44.8 Å². The number of nitriles is 1. The summed E-state index contributed by atoms with van der Waals surface area (Å²) in [5, 5.41) is 9.74. The summed E-state index contributed by atoms with van der Waals surface area (Å²) in [6.45, 7) is 0.467. The van der Waals surface area contributed by atoms with Crippen LogP contribution in [-0.2, 0) is 16.3 Å². The summed E-state index contributed by atoms with van der Waals surface area (Å²) in [6, 6.07) is 12.4. The van der Waals surface area contributed by atoms with Crippen LogP contribution in [0.15, 0.2) is 42.6 Å². The monoisotopic (exact) mass is 417 g/mol. The van der Waals surface area contributed by atoms with Crippen molar-refractivity contribution in [3.05, 3.63) is 65.0 Å². The summed E-state index contributed by atoms with van der Waals surface area (Å²) in [7, 11) is 0.958. The Hall–Kier alpha value is -3.41. The highest BCUT2D eigenvalue weighted by Gasteiger charge is 2.39. The normalized spacial score (nSPS) is 15.9. The first kappa shape index (κ1) is 21.3. The van der Waals surface area contributed by atoms with Crippen molar-refractivity contribution in [1.82, 2.24) is 9.88 Å². The Morgan fingerprint density at radius 1 is 1.20 bits per heavy atom. The first-order valence-corrected chi connectivity index (χ1v) is 9.13. The van der Waals surface area contributed by atoms with Gasteiger partial charge in [0.15, 0.2) is 0 Å². The number of hydrogen-bond acceptors (Lipinski definition) is 5. The number of alkyl halides is 3. The topological polar surface area (TPSA) is 83.3 Å². The number of esters is 1. The van der Waals surface area contributed by atoms with Gasteiger partial charge in [0, 0.05) is 19.3 Å². The van der Waals surface area contributed by atoms with Crippen molar-refractivity contribution in [2.75, 3.05) is 20.2 Å². The van der Waals surface area contributed by atoms with Crippen molar-refractivity contribution < 1.29 is 27.5 Å². The summed E-state index contributed by atoms with van der Waals surface area (Å²) in [5.41, 5.74) is -2.19. The Morgan fingerprint density at radius 3 is 2.37 bits per heavy atom. The predicted molar refractivity (Wildman–Crippen MR) is 99.4 cm³/mol. The van der Waals surface area contributed by atoms with Crippen LogP contribution in [0, 0.1) is 11.3 Å². The van der Waals surface area contributed by atoms with Gasteiger partial charge >= 0.3 is 12.1 Å². The Kier molecular flexibility index (Phi) is 5.78. The Balaban J connectivity index is 1.83. The second-order valence-corrected chi connectivity index (χ2v) is 6.96. The molecule has 1 saturated heterocycles. The number of piperidine rings is 1. The lowest BCUT2D eigenvalue weighted by atomic mass is 9.74. The molecule has 2 heterocycles. The van der Waals surface area contributed by atoms with E-state index in [0.29, 0.717) is 19.0 Å². The number of rotatable bonds is 3. The van der Waals surface area contributed by atoms with Crippen LogP contribution in [0.2, 0.25) is 0 Å². The van der Waals surface area contributed by atoms with Crippen LogP contribution < -0.4 is 0 Å². The number of carbonyl (C=O) groups excluding carboxylic acids is 2. The molecule has 0 aliphatic carbocycles. The molecule has 1 aliphatic heterocycles. The van der Waals surface area contributed by atoms with Crippen molar-refractivity contribution >= 4 is 11.9 Å². The lowest BCUT2D eigenvalue weighted by molar-refractivity contribution is -0.138. The second kappa shape index (κ2) is 8.14. The number of aromatic nitrogens is 1. The van der Waals surface area contributed by atoms with E-state index >= 15 is 0 Å². The minimum Gasteiger partial charge on any atom is -0.465 e. The molecule has 1 aromatic carbocycles. The third-order valence-corrected chi connectivity index (χ3v) is 5.28. The SMILES string of the molecule is COC(=O)c1cc(C(=O)N2CCC(C#N)(c3ccccc3)CC2)ncc1C(F)(F)F. The maximum Gasteiger partial charge on any atom is 0.418 e. The summed E-state index contributed by atoms with van der Waals surface area (Å²) < 4.78 is 43.8. The standard InChI is InChI=1S/C21H18F3N3O3/c1-30-19(29)15-11-17(26-12-16(15)21(22,23)24)18(28)27-9-7-20(13-25,8-10-27)14-5-3-2-4-6-14/h2-6,11-12H,7-10H2,1H3. The van der Waals surface area contributed by atoms with Gasteiger partial charge in [-0.05, 0) is 24.5 Å². The number of ether oxygens (including phenoxy) is 1. The lowest BCUT2D eigenvalue weighted by Gasteiger charge is -2.37. The highest BCUT2D eigenvalue weighted by molar-refractivity contribution is 5.97. The number of amides is 1. The fourth-order valence-corrected chi connectivity index (χ4v) is 3.55. The molecule has 1 aromatic heterocycles. The van der Waals surface area contributed by atoms with Gasteiger partial charge in [-0.25, -0.2) is 4.79 Å². The zero-order valence-corrected chi connectivity index (χ0v) is 16.1. The molecule has 6 nitrogen and oxygen atoms in total. The molecule has 0 saturated carbocycles. The maximum atomic E-state index is 13.1. The van der Waals surface area contributed by atoms with Gasteiger partial charge in [-0.1, -0.05) is 30.3 Å². The molecular formula is C21H18F3N3O3. The highest BCUT2D eigenvalue weighted by atomic mass is 19.4. The molecule has 2 aromatic rings. The molecule has 1 amide bonds.